The molecule has 0 spiro atoms. The fourth-order valence-corrected chi connectivity index (χ4v) is 1.84. The average molecular weight is 273 g/mol. The van der Waals surface area contributed by atoms with Gasteiger partial charge in [0.2, 0.25) is 0 Å². The zero-order chi connectivity index (χ0) is 14.5. The molecule has 0 fully saturated rings. The molecule has 2 aromatic rings. The third kappa shape index (κ3) is 3.19. The normalized spacial score (nSPS) is 10.8. The van der Waals surface area contributed by atoms with Crippen molar-refractivity contribution in [3.05, 3.63) is 34.9 Å². The Bertz CT molecular complexity index is 611. The number of tetrazole rings is 1. The molecule has 0 aliphatic carbocycles. The second-order valence-corrected chi connectivity index (χ2v) is 4.23. The number of nitrogens with zero attached hydrogens (tertiary/aromatic N) is 3. The molecule has 2 rings (SSSR count). The van der Waals surface area contributed by atoms with E-state index in [-0.39, 0.29) is 11.9 Å². The lowest BCUT2D eigenvalue weighted by atomic mass is 10.0. The van der Waals surface area contributed by atoms with Crippen LogP contribution in [0.3, 0.4) is 0 Å². The Hall–Kier alpha value is -2.70. The van der Waals surface area contributed by atoms with Gasteiger partial charge in [-0.15, -0.1) is 5.10 Å². The number of carbonyl (C=O) groups excluding carboxylic acids is 1. The van der Waals surface area contributed by atoms with Gasteiger partial charge in [-0.3, -0.25) is 10.1 Å². The van der Waals surface area contributed by atoms with Gasteiger partial charge < -0.3 is 4.74 Å². The van der Waals surface area contributed by atoms with Crippen LogP contribution in [-0.2, 0) is 4.79 Å². The quantitative estimate of drug-likeness (QED) is 0.823. The number of rotatable bonds is 4. The Morgan fingerprint density at radius 3 is 2.60 bits per heavy atom. The number of nitrogens with one attached hydrogen (secondary N) is 2. The highest BCUT2D eigenvalue weighted by Crippen LogP contribution is 2.22. The fraction of sp³-hybridized carbons (Fsp3) is 0.231. The number of hydrogen-bond donors (Lipinski definition) is 2. The maximum Gasteiger partial charge on any atom is 0.270 e. The number of hydrogen-bond acceptors (Lipinski definition) is 5. The Morgan fingerprint density at radius 1 is 1.35 bits per heavy atom. The number of methoxy groups -OCH3 is 1. The van der Waals surface area contributed by atoms with Crippen LogP contribution in [0.1, 0.15) is 16.7 Å². The van der Waals surface area contributed by atoms with Gasteiger partial charge in [-0.2, -0.15) is 5.21 Å². The molecule has 0 saturated heterocycles. The van der Waals surface area contributed by atoms with Gasteiger partial charge in [0.05, 0.1) is 7.11 Å². The van der Waals surface area contributed by atoms with Crippen LogP contribution in [-0.4, -0.2) is 33.6 Å². The number of carbonyl (C=O) groups is 1. The Labute approximate surface area is 116 Å². The number of aryl methyl sites for hydroxylation is 2. The number of benzene rings is 1. The molecular formula is C13H15N5O2. The van der Waals surface area contributed by atoms with Crippen molar-refractivity contribution in [2.75, 3.05) is 12.4 Å². The number of anilines is 1. The van der Waals surface area contributed by atoms with Gasteiger partial charge in [-0.05, 0) is 54.0 Å². The first-order chi connectivity index (χ1) is 9.60. The van der Waals surface area contributed by atoms with Crippen molar-refractivity contribution in [2.24, 2.45) is 0 Å². The van der Waals surface area contributed by atoms with Crippen LogP contribution >= 0.6 is 0 Å². The van der Waals surface area contributed by atoms with Crippen molar-refractivity contribution >= 4 is 17.9 Å². The molecule has 0 radical (unpaired) electrons. The summed E-state index contributed by atoms with van der Waals surface area (Å²) in [7, 11) is 1.63. The second kappa shape index (κ2) is 5.96. The van der Waals surface area contributed by atoms with Gasteiger partial charge in [-0.1, -0.05) is 5.10 Å². The highest BCUT2D eigenvalue weighted by atomic mass is 16.5. The van der Waals surface area contributed by atoms with Crippen LogP contribution in [0, 0.1) is 13.8 Å². The van der Waals surface area contributed by atoms with Gasteiger partial charge >= 0.3 is 0 Å². The highest BCUT2D eigenvalue weighted by Gasteiger charge is 2.05. The minimum absolute atomic E-state index is 0.142. The summed E-state index contributed by atoms with van der Waals surface area (Å²) in [6, 6.07) is 3.84. The average Bonchev–Trinajstić information content (AvgIpc) is 2.90. The number of aromatic amines is 1. The van der Waals surface area contributed by atoms with Crippen LogP contribution in [0.5, 0.6) is 5.75 Å². The predicted octanol–water partition coefficient (Wildman–Crippen LogP) is 1.48. The summed E-state index contributed by atoms with van der Waals surface area (Å²) in [4.78, 5) is 11.7. The van der Waals surface area contributed by atoms with Crippen LogP contribution in [0.15, 0.2) is 18.2 Å². The summed E-state index contributed by atoms with van der Waals surface area (Å²) in [6.07, 6.45) is 3.18. The lowest BCUT2D eigenvalue weighted by molar-refractivity contribution is -0.111. The van der Waals surface area contributed by atoms with Crippen molar-refractivity contribution in [2.45, 2.75) is 13.8 Å². The first-order valence-corrected chi connectivity index (χ1v) is 5.98. The maximum atomic E-state index is 11.7. The lowest BCUT2D eigenvalue weighted by Crippen LogP contribution is -2.09. The van der Waals surface area contributed by atoms with E-state index in [1.165, 1.54) is 6.08 Å². The molecule has 0 atom stereocenters. The Morgan fingerprint density at radius 2 is 2.05 bits per heavy atom. The van der Waals surface area contributed by atoms with Crippen LogP contribution in [0.4, 0.5) is 5.95 Å². The first kappa shape index (κ1) is 13.7. The SMILES string of the molecule is COc1cc(C)c(/C=C/C(=O)Nc2nn[nH]n2)c(C)c1. The molecule has 1 heterocycles. The number of amides is 1. The molecule has 1 aromatic carbocycles. The largest absolute Gasteiger partial charge is 0.497 e. The first-order valence-electron chi connectivity index (χ1n) is 5.98. The van der Waals surface area contributed by atoms with Crippen molar-refractivity contribution in [1.82, 2.24) is 20.6 Å². The summed E-state index contributed by atoms with van der Waals surface area (Å²) >= 11 is 0. The summed E-state index contributed by atoms with van der Waals surface area (Å²) in [6.45, 7) is 3.93. The Balaban J connectivity index is 2.13. The molecule has 1 amide bonds. The number of ether oxygens (including phenoxy) is 1. The van der Waals surface area contributed by atoms with E-state index in [1.807, 2.05) is 26.0 Å². The third-order valence-electron chi connectivity index (χ3n) is 2.78. The third-order valence-corrected chi connectivity index (χ3v) is 2.78. The van der Waals surface area contributed by atoms with Gasteiger partial charge in [0.1, 0.15) is 5.75 Å². The summed E-state index contributed by atoms with van der Waals surface area (Å²) in [5, 5.41) is 15.4. The zero-order valence-corrected chi connectivity index (χ0v) is 11.5. The van der Waals surface area contributed by atoms with E-state index in [0.717, 1.165) is 22.4 Å². The predicted molar refractivity (Wildman–Crippen MR) is 74.3 cm³/mol. The molecule has 7 heteroatoms. The molecule has 0 aliphatic heterocycles. The van der Waals surface area contributed by atoms with Crippen LogP contribution in [0.2, 0.25) is 0 Å². The molecule has 104 valence electrons. The molecule has 0 bridgehead atoms. The van der Waals surface area contributed by atoms with E-state index in [4.69, 9.17) is 4.74 Å². The smallest absolute Gasteiger partial charge is 0.270 e. The molecule has 0 saturated carbocycles. The molecule has 1 aromatic heterocycles. The van der Waals surface area contributed by atoms with E-state index in [1.54, 1.807) is 13.2 Å². The lowest BCUT2D eigenvalue weighted by Gasteiger charge is -2.08. The number of H-pyrrole nitrogens is 1. The summed E-state index contributed by atoms with van der Waals surface area (Å²) in [5.74, 6) is 0.622. The van der Waals surface area contributed by atoms with E-state index >= 15 is 0 Å². The topological polar surface area (TPSA) is 92.8 Å². The fourth-order valence-electron chi connectivity index (χ4n) is 1.84. The Kier molecular flexibility index (Phi) is 4.09. The van der Waals surface area contributed by atoms with E-state index in [0.29, 0.717) is 0 Å². The van der Waals surface area contributed by atoms with E-state index < -0.39 is 0 Å². The van der Waals surface area contributed by atoms with E-state index in [9.17, 15) is 4.79 Å². The molecule has 0 unspecified atom stereocenters. The van der Waals surface area contributed by atoms with Gasteiger partial charge in [0.25, 0.3) is 11.9 Å². The van der Waals surface area contributed by atoms with Crippen molar-refractivity contribution in [1.29, 1.82) is 0 Å². The van der Waals surface area contributed by atoms with Crippen molar-refractivity contribution < 1.29 is 9.53 Å². The van der Waals surface area contributed by atoms with Crippen LogP contribution in [0.25, 0.3) is 6.08 Å². The highest BCUT2D eigenvalue weighted by molar-refractivity contribution is 6.01. The summed E-state index contributed by atoms with van der Waals surface area (Å²) in [5.41, 5.74) is 3.05. The van der Waals surface area contributed by atoms with Gasteiger partial charge in [0.15, 0.2) is 0 Å². The molecular weight excluding hydrogens is 258 g/mol. The molecule has 0 aliphatic rings. The molecule has 20 heavy (non-hydrogen) atoms. The van der Waals surface area contributed by atoms with Crippen LogP contribution < -0.4 is 10.1 Å². The second-order valence-electron chi connectivity index (χ2n) is 4.23. The number of aromatic nitrogens is 4. The van der Waals surface area contributed by atoms with Gasteiger partial charge in [0, 0.05) is 6.08 Å². The van der Waals surface area contributed by atoms with E-state index in [2.05, 4.69) is 25.9 Å². The minimum Gasteiger partial charge on any atom is -0.497 e. The molecule has 2 N–H and O–H groups in total. The van der Waals surface area contributed by atoms with Gasteiger partial charge in [-0.25, -0.2) is 0 Å². The maximum absolute atomic E-state index is 11.7. The zero-order valence-electron chi connectivity index (χ0n) is 11.5. The minimum atomic E-state index is -0.319. The van der Waals surface area contributed by atoms with Crippen molar-refractivity contribution in [3.63, 3.8) is 0 Å². The van der Waals surface area contributed by atoms with Crippen molar-refractivity contribution in [3.8, 4) is 5.75 Å². The summed E-state index contributed by atoms with van der Waals surface area (Å²) < 4.78 is 5.20. The standard InChI is InChI=1S/C13H15N5O2/c1-8-6-10(20-3)7-9(2)11(8)4-5-12(19)14-13-15-17-18-16-13/h4-7H,1-3H3,(H2,14,15,16,17,18,19)/b5-4+. The molecule has 7 nitrogen and oxygen atoms in total. The monoisotopic (exact) mass is 273 g/mol.